The van der Waals surface area contributed by atoms with Crippen LogP contribution in [-0.2, 0) is 13.2 Å². The van der Waals surface area contributed by atoms with Crippen molar-refractivity contribution in [2.45, 2.75) is 91.7 Å². The van der Waals surface area contributed by atoms with Gasteiger partial charge < -0.3 is 9.30 Å². The van der Waals surface area contributed by atoms with Crippen LogP contribution in [0, 0.1) is 13.8 Å². The third-order valence-corrected chi connectivity index (χ3v) is 5.92. The highest BCUT2D eigenvalue weighted by molar-refractivity contribution is 5.75. The first kappa shape index (κ1) is 22.4. The molecule has 3 aromatic rings. The van der Waals surface area contributed by atoms with Crippen LogP contribution in [0.1, 0.15) is 81.7 Å². The fraction of sp³-hybridized carbons (Fsp3) is 0.519. The summed E-state index contributed by atoms with van der Waals surface area (Å²) in [5.41, 5.74) is 4.67. The number of hydrogen-bond donors (Lipinski definition) is 0. The Morgan fingerprint density at radius 3 is 2.30 bits per heavy atom. The highest BCUT2D eigenvalue weighted by Gasteiger charge is 2.11. The second-order valence-corrected chi connectivity index (χ2v) is 8.55. The second-order valence-electron chi connectivity index (χ2n) is 8.55. The molecule has 0 fully saturated rings. The van der Waals surface area contributed by atoms with Crippen molar-refractivity contribution in [1.29, 1.82) is 0 Å². The number of ether oxygens (including phenoxy) is 1. The Bertz CT molecular complexity index is 912. The molecule has 0 N–H and O–H groups in total. The van der Waals surface area contributed by atoms with Crippen LogP contribution in [0.5, 0.6) is 5.75 Å². The molecule has 162 valence electrons. The molecule has 0 amide bonds. The topological polar surface area (TPSA) is 27.1 Å². The fourth-order valence-electron chi connectivity index (χ4n) is 4.07. The number of unbranched alkanes of at least 4 members (excludes halogenated alkanes) is 8. The first-order valence-corrected chi connectivity index (χ1v) is 11.8. The van der Waals surface area contributed by atoms with Crippen LogP contribution in [0.4, 0.5) is 0 Å². The van der Waals surface area contributed by atoms with E-state index < -0.39 is 0 Å². The summed E-state index contributed by atoms with van der Waals surface area (Å²) in [6.07, 6.45) is 12.1. The van der Waals surface area contributed by atoms with Crippen molar-refractivity contribution >= 4 is 11.0 Å². The standard InChI is InChI=1S/C27H38N2O/c1-4-5-6-7-8-9-10-11-14-19-29-25-16-13-12-15-24(25)28-27(29)21-30-26-20-22(2)17-18-23(26)3/h12-13,15-18,20H,4-11,14,19,21H2,1-3H3. The van der Waals surface area contributed by atoms with E-state index in [2.05, 4.69) is 67.8 Å². The molecule has 3 nitrogen and oxygen atoms in total. The number of aryl methyl sites for hydroxylation is 3. The van der Waals surface area contributed by atoms with Crippen LogP contribution in [0.3, 0.4) is 0 Å². The van der Waals surface area contributed by atoms with Gasteiger partial charge in [0.25, 0.3) is 0 Å². The monoisotopic (exact) mass is 406 g/mol. The molecule has 0 radical (unpaired) electrons. The lowest BCUT2D eigenvalue weighted by atomic mass is 10.1. The van der Waals surface area contributed by atoms with Gasteiger partial charge in [0.05, 0.1) is 11.0 Å². The van der Waals surface area contributed by atoms with Crippen LogP contribution in [0.25, 0.3) is 11.0 Å². The molecule has 0 aliphatic rings. The summed E-state index contributed by atoms with van der Waals surface area (Å²) >= 11 is 0. The first-order valence-electron chi connectivity index (χ1n) is 11.8. The minimum atomic E-state index is 0.510. The summed E-state index contributed by atoms with van der Waals surface area (Å²) in [5, 5.41) is 0. The Kier molecular flexibility index (Phi) is 8.80. The van der Waals surface area contributed by atoms with E-state index >= 15 is 0 Å². The van der Waals surface area contributed by atoms with Gasteiger partial charge in [-0.1, -0.05) is 82.6 Å². The third-order valence-electron chi connectivity index (χ3n) is 5.92. The van der Waals surface area contributed by atoms with Crippen molar-refractivity contribution in [3.8, 4) is 5.75 Å². The number of fused-ring (bicyclic) bond motifs is 1. The van der Waals surface area contributed by atoms with Crippen LogP contribution >= 0.6 is 0 Å². The van der Waals surface area contributed by atoms with E-state index in [0.717, 1.165) is 23.6 Å². The summed E-state index contributed by atoms with van der Waals surface area (Å²) in [4.78, 5) is 4.87. The summed E-state index contributed by atoms with van der Waals surface area (Å²) in [6, 6.07) is 14.8. The molecule has 0 aliphatic heterocycles. The van der Waals surface area contributed by atoms with Crippen molar-refractivity contribution < 1.29 is 4.74 Å². The van der Waals surface area contributed by atoms with E-state index in [1.165, 1.54) is 74.4 Å². The van der Waals surface area contributed by atoms with Crippen LogP contribution in [-0.4, -0.2) is 9.55 Å². The number of para-hydroxylation sites is 2. The van der Waals surface area contributed by atoms with E-state index in [9.17, 15) is 0 Å². The summed E-state index contributed by atoms with van der Waals surface area (Å²) in [6.45, 7) is 8.00. The van der Waals surface area contributed by atoms with Gasteiger partial charge in [-0.05, 0) is 49.6 Å². The Morgan fingerprint density at radius 1 is 0.833 bits per heavy atom. The molecule has 0 unspecified atom stereocenters. The van der Waals surface area contributed by atoms with Crippen LogP contribution < -0.4 is 4.74 Å². The van der Waals surface area contributed by atoms with Crippen molar-refractivity contribution in [2.75, 3.05) is 0 Å². The van der Waals surface area contributed by atoms with Crippen molar-refractivity contribution in [2.24, 2.45) is 0 Å². The van der Waals surface area contributed by atoms with Gasteiger partial charge in [0.2, 0.25) is 0 Å². The smallest absolute Gasteiger partial charge is 0.147 e. The maximum Gasteiger partial charge on any atom is 0.147 e. The number of hydrogen-bond acceptors (Lipinski definition) is 2. The quantitative estimate of drug-likeness (QED) is 0.271. The predicted molar refractivity (Wildman–Crippen MR) is 127 cm³/mol. The van der Waals surface area contributed by atoms with E-state index in [1.54, 1.807) is 0 Å². The fourth-order valence-corrected chi connectivity index (χ4v) is 4.07. The zero-order valence-corrected chi connectivity index (χ0v) is 19.1. The molecular formula is C27H38N2O. The molecule has 2 aromatic carbocycles. The molecule has 3 heteroatoms. The molecular weight excluding hydrogens is 368 g/mol. The highest BCUT2D eigenvalue weighted by Crippen LogP contribution is 2.23. The SMILES string of the molecule is CCCCCCCCCCCn1c(COc2cc(C)ccc2C)nc2ccccc21. The summed E-state index contributed by atoms with van der Waals surface area (Å²) in [5.74, 6) is 1.98. The van der Waals surface area contributed by atoms with Gasteiger partial charge in [-0.15, -0.1) is 0 Å². The number of nitrogens with zero attached hydrogens (tertiary/aromatic N) is 2. The average Bonchev–Trinajstić information content (AvgIpc) is 3.10. The maximum atomic E-state index is 6.18. The van der Waals surface area contributed by atoms with Crippen LogP contribution in [0.15, 0.2) is 42.5 Å². The first-order chi connectivity index (χ1) is 14.7. The average molecular weight is 407 g/mol. The van der Waals surface area contributed by atoms with E-state index in [0.29, 0.717) is 6.61 Å². The van der Waals surface area contributed by atoms with Gasteiger partial charge in [0.15, 0.2) is 0 Å². The van der Waals surface area contributed by atoms with Gasteiger partial charge in [-0.2, -0.15) is 0 Å². The van der Waals surface area contributed by atoms with Gasteiger partial charge in [-0.3, -0.25) is 0 Å². The lowest BCUT2D eigenvalue weighted by Gasteiger charge is -2.12. The van der Waals surface area contributed by atoms with Crippen molar-refractivity contribution in [3.63, 3.8) is 0 Å². The number of aromatic nitrogens is 2. The molecule has 30 heavy (non-hydrogen) atoms. The van der Waals surface area contributed by atoms with E-state index in [1.807, 2.05) is 0 Å². The largest absolute Gasteiger partial charge is 0.485 e. The van der Waals surface area contributed by atoms with E-state index in [4.69, 9.17) is 9.72 Å². The minimum absolute atomic E-state index is 0.510. The van der Waals surface area contributed by atoms with Gasteiger partial charge in [0.1, 0.15) is 18.2 Å². The van der Waals surface area contributed by atoms with Gasteiger partial charge >= 0.3 is 0 Å². The normalized spacial score (nSPS) is 11.3. The lowest BCUT2D eigenvalue weighted by Crippen LogP contribution is -2.08. The summed E-state index contributed by atoms with van der Waals surface area (Å²) in [7, 11) is 0. The second kappa shape index (κ2) is 11.8. The molecule has 0 aliphatic carbocycles. The lowest BCUT2D eigenvalue weighted by molar-refractivity contribution is 0.287. The number of benzene rings is 2. The molecule has 3 rings (SSSR count). The highest BCUT2D eigenvalue weighted by atomic mass is 16.5. The number of imidazole rings is 1. The van der Waals surface area contributed by atoms with Gasteiger partial charge in [-0.25, -0.2) is 4.98 Å². The summed E-state index contributed by atoms with van der Waals surface area (Å²) < 4.78 is 8.54. The van der Waals surface area contributed by atoms with E-state index in [-0.39, 0.29) is 0 Å². The van der Waals surface area contributed by atoms with Crippen molar-refractivity contribution in [1.82, 2.24) is 9.55 Å². The molecule has 1 aromatic heterocycles. The Morgan fingerprint density at radius 2 is 1.53 bits per heavy atom. The van der Waals surface area contributed by atoms with Gasteiger partial charge in [0, 0.05) is 6.54 Å². The molecule has 0 saturated heterocycles. The van der Waals surface area contributed by atoms with Crippen LogP contribution in [0.2, 0.25) is 0 Å². The Labute approximate surface area is 182 Å². The molecule has 0 bridgehead atoms. The predicted octanol–water partition coefficient (Wildman–Crippen LogP) is 7.76. The zero-order chi connectivity index (χ0) is 21.2. The Hall–Kier alpha value is -2.29. The number of rotatable bonds is 13. The Balaban J connectivity index is 1.56. The minimum Gasteiger partial charge on any atom is -0.485 e. The molecule has 1 heterocycles. The molecule has 0 spiro atoms. The molecule has 0 atom stereocenters. The molecule has 0 saturated carbocycles. The van der Waals surface area contributed by atoms with Crippen molar-refractivity contribution in [3.05, 3.63) is 59.4 Å². The third kappa shape index (κ3) is 6.35. The maximum absolute atomic E-state index is 6.18. The zero-order valence-electron chi connectivity index (χ0n) is 19.1.